The smallest absolute Gasteiger partial charge is 0.220 e. The first kappa shape index (κ1) is 18.8. The number of halogens is 1. The molecule has 1 aliphatic heterocycles. The van der Waals surface area contributed by atoms with Crippen LogP contribution in [0.5, 0.6) is 0 Å². The monoisotopic (exact) mass is 397 g/mol. The fourth-order valence-corrected chi connectivity index (χ4v) is 4.39. The second-order valence-electron chi connectivity index (χ2n) is 7.33. The zero-order valence-electron chi connectivity index (χ0n) is 15.6. The number of aliphatic hydroxyl groups is 1. The van der Waals surface area contributed by atoms with Crippen LogP contribution in [0.15, 0.2) is 58.5 Å². The number of hydrogen-bond donors (Lipinski definition) is 3. The van der Waals surface area contributed by atoms with Crippen LogP contribution in [0.3, 0.4) is 0 Å². The van der Waals surface area contributed by atoms with Gasteiger partial charge in [-0.1, -0.05) is 54.4 Å². The highest BCUT2D eigenvalue weighted by Gasteiger charge is 2.43. The minimum absolute atomic E-state index is 0.197. The van der Waals surface area contributed by atoms with Crippen molar-refractivity contribution < 1.29 is 5.11 Å². The van der Waals surface area contributed by atoms with E-state index in [0.717, 1.165) is 37.7 Å². The lowest BCUT2D eigenvalue weighted by Gasteiger charge is -2.46. The van der Waals surface area contributed by atoms with Crippen LogP contribution in [0.4, 0.5) is 5.69 Å². The average molecular weight is 398 g/mol. The third-order valence-corrected chi connectivity index (χ3v) is 5.73. The van der Waals surface area contributed by atoms with Crippen molar-refractivity contribution in [1.82, 2.24) is 0 Å². The number of aliphatic hydroxyl groups excluding tert-OH is 1. The van der Waals surface area contributed by atoms with Crippen LogP contribution in [-0.4, -0.2) is 22.7 Å². The molecule has 0 aromatic heterocycles. The van der Waals surface area contributed by atoms with Gasteiger partial charge in [0, 0.05) is 10.6 Å². The quantitative estimate of drug-likeness (QED) is 0.737. The Balaban J connectivity index is 1.85. The van der Waals surface area contributed by atoms with E-state index >= 15 is 0 Å². The van der Waals surface area contributed by atoms with E-state index in [1.807, 2.05) is 47.4 Å². The van der Waals surface area contributed by atoms with Crippen molar-refractivity contribution in [2.24, 2.45) is 21.5 Å². The fraction of sp³-hybridized carbons (Fsp3) is 0.333. The van der Waals surface area contributed by atoms with Crippen molar-refractivity contribution in [2.75, 3.05) is 4.90 Å². The van der Waals surface area contributed by atoms with E-state index < -0.39 is 11.8 Å². The van der Waals surface area contributed by atoms with Crippen molar-refractivity contribution >= 4 is 29.2 Å². The van der Waals surface area contributed by atoms with Gasteiger partial charge in [0.25, 0.3) is 0 Å². The molecule has 146 valence electrons. The summed E-state index contributed by atoms with van der Waals surface area (Å²) in [4.78, 5) is 10.8. The summed E-state index contributed by atoms with van der Waals surface area (Å²) in [6, 6.07) is 14.9. The number of nitrogens with zero attached hydrogens (tertiary/aromatic N) is 3. The fourth-order valence-electron chi connectivity index (χ4n) is 4.23. The molecule has 1 fully saturated rings. The number of nitrogens with two attached hydrogens (primary N) is 2. The van der Waals surface area contributed by atoms with Gasteiger partial charge in [-0.3, -0.25) is 4.90 Å². The van der Waals surface area contributed by atoms with Crippen LogP contribution in [0.1, 0.15) is 49.3 Å². The Hall–Kier alpha value is -2.57. The molecule has 1 spiro atoms. The minimum atomic E-state index is -0.829. The SMILES string of the molecule is NC1=NC2(CCCCC2)N(c2cc(Cl)ccc2C(O)c2ccccc2)C(N)=N1. The lowest BCUT2D eigenvalue weighted by molar-refractivity contribution is 0.219. The number of anilines is 1. The Labute approximate surface area is 169 Å². The van der Waals surface area contributed by atoms with Crippen molar-refractivity contribution in [2.45, 2.75) is 43.9 Å². The molecular formula is C21H24ClN5O. The average Bonchev–Trinajstić information content (AvgIpc) is 2.68. The van der Waals surface area contributed by atoms with E-state index in [9.17, 15) is 5.11 Å². The van der Waals surface area contributed by atoms with Crippen LogP contribution in [0.2, 0.25) is 5.02 Å². The molecule has 28 heavy (non-hydrogen) atoms. The van der Waals surface area contributed by atoms with Gasteiger partial charge >= 0.3 is 0 Å². The Bertz CT molecular complexity index is 922. The molecule has 1 unspecified atom stereocenters. The predicted molar refractivity (Wildman–Crippen MR) is 113 cm³/mol. The van der Waals surface area contributed by atoms with Crippen LogP contribution in [0, 0.1) is 0 Å². The van der Waals surface area contributed by atoms with Gasteiger partial charge in [-0.15, -0.1) is 0 Å². The van der Waals surface area contributed by atoms with Gasteiger partial charge in [-0.25, -0.2) is 4.99 Å². The zero-order valence-corrected chi connectivity index (χ0v) is 16.3. The molecule has 2 aromatic rings. The maximum Gasteiger partial charge on any atom is 0.220 e. The summed E-state index contributed by atoms with van der Waals surface area (Å²) in [6.07, 6.45) is 4.01. The highest BCUT2D eigenvalue weighted by Crippen LogP contribution is 2.43. The number of aliphatic imine (C=N–C) groups is 2. The van der Waals surface area contributed by atoms with Crippen LogP contribution in [-0.2, 0) is 0 Å². The van der Waals surface area contributed by atoms with E-state index in [4.69, 9.17) is 28.1 Å². The first-order valence-electron chi connectivity index (χ1n) is 9.52. The summed E-state index contributed by atoms with van der Waals surface area (Å²) in [6.45, 7) is 0. The highest BCUT2D eigenvalue weighted by atomic mass is 35.5. The van der Waals surface area contributed by atoms with E-state index in [2.05, 4.69) is 4.99 Å². The van der Waals surface area contributed by atoms with E-state index in [1.165, 1.54) is 0 Å². The van der Waals surface area contributed by atoms with Crippen LogP contribution >= 0.6 is 11.6 Å². The molecule has 1 aliphatic carbocycles. The molecular weight excluding hydrogens is 374 g/mol. The van der Waals surface area contributed by atoms with Crippen molar-refractivity contribution in [3.63, 3.8) is 0 Å². The molecule has 0 amide bonds. The van der Waals surface area contributed by atoms with Crippen LogP contribution < -0.4 is 16.4 Å². The summed E-state index contributed by atoms with van der Waals surface area (Å²) in [5.74, 6) is 0.473. The molecule has 6 nitrogen and oxygen atoms in total. The molecule has 0 radical (unpaired) electrons. The number of guanidine groups is 2. The first-order chi connectivity index (χ1) is 13.5. The Morgan fingerprint density at radius 1 is 1.04 bits per heavy atom. The molecule has 1 saturated carbocycles. The molecule has 1 atom stereocenters. The predicted octanol–water partition coefficient (Wildman–Crippen LogP) is 3.53. The van der Waals surface area contributed by atoms with Gasteiger partial charge in [-0.2, -0.15) is 4.99 Å². The maximum atomic E-state index is 11.1. The molecule has 5 N–H and O–H groups in total. The first-order valence-corrected chi connectivity index (χ1v) is 9.90. The molecule has 2 aromatic carbocycles. The van der Waals surface area contributed by atoms with Crippen molar-refractivity contribution in [3.8, 4) is 0 Å². The third kappa shape index (κ3) is 3.34. The van der Waals surface area contributed by atoms with Gasteiger partial charge in [0.15, 0.2) is 0 Å². The summed E-state index contributed by atoms with van der Waals surface area (Å²) in [5, 5.41) is 11.7. The summed E-state index contributed by atoms with van der Waals surface area (Å²) < 4.78 is 0. The van der Waals surface area contributed by atoms with Gasteiger partial charge in [0.2, 0.25) is 11.9 Å². The Kier molecular flexibility index (Phi) is 5.00. The van der Waals surface area contributed by atoms with Crippen LogP contribution in [0.25, 0.3) is 0 Å². The molecule has 0 saturated heterocycles. The van der Waals surface area contributed by atoms with Crippen molar-refractivity contribution in [1.29, 1.82) is 0 Å². The summed E-state index contributed by atoms with van der Waals surface area (Å²) in [7, 11) is 0. The zero-order chi connectivity index (χ0) is 19.7. The molecule has 7 heteroatoms. The normalized spacial score (nSPS) is 19.9. The maximum absolute atomic E-state index is 11.1. The second-order valence-corrected chi connectivity index (χ2v) is 7.77. The number of rotatable bonds is 3. The highest BCUT2D eigenvalue weighted by molar-refractivity contribution is 6.31. The van der Waals surface area contributed by atoms with Gasteiger partial charge in [0.1, 0.15) is 11.8 Å². The summed E-state index contributed by atoms with van der Waals surface area (Å²) >= 11 is 6.34. The standard InChI is InChI=1S/C21H24ClN5O/c22-15-9-10-16(18(28)14-7-3-1-4-8-14)17(13-15)27-20(24)25-19(23)26-21(27)11-5-2-6-12-21/h1,3-4,7-10,13,18,28H,2,5-6,11-12H2,(H4,23,24,25,26). The summed E-state index contributed by atoms with van der Waals surface area (Å²) in [5.41, 5.74) is 13.9. The van der Waals surface area contributed by atoms with E-state index in [1.54, 1.807) is 6.07 Å². The largest absolute Gasteiger partial charge is 0.384 e. The molecule has 0 bridgehead atoms. The minimum Gasteiger partial charge on any atom is -0.384 e. The number of benzene rings is 2. The Morgan fingerprint density at radius 3 is 2.46 bits per heavy atom. The van der Waals surface area contributed by atoms with Gasteiger partial charge < -0.3 is 16.6 Å². The lowest BCUT2D eigenvalue weighted by atomic mass is 9.86. The third-order valence-electron chi connectivity index (χ3n) is 5.49. The van der Waals surface area contributed by atoms with Crippen molar-refractivity contribution in [3.05, 3.63) is 64.7 Å². The second kappa shape index (κ2) is 7.45. The number of hydrogen-bond acceptors (Lipinski definition) is 6. The van der Waals surface area contributed by atoms with Gasteiger partial charge in [-0.05, 0) is 43.4 Å². The Morgan fingerprint density at radius 2 is 1.75 bits per heavy atom. The van der Waals surface area contributed by atoms with Gasteiger partial charge in [0.05, 0.1) is 5.69 Å². The van der Waals surface area contributed by atoms with E-state index in [-0.39, 0.29) is 11.9 Å². The molecule has 4 rings (SSSR count). The lowest BCUT2D eigenvalue weighted by Crippen LogP contribution is -2.58. The molecule has 2 aliphatic rings. The topological polar surface area (TPSA) is 100 Å². The molecule has 1 heterocycles. The van der Waals surface area contributed by atoms with E-state index in [0.29, 0.717) is 16.3 Å².